The second kappa shape index (κ2) is 5.85. The van der Waals surface area contributed by atoms with E-state index in [0.29, 0.717) is 0 Å². The van der Waals surface area contributed by atoms with Crippen LogP contribution in [0.25, 0.3) is 0 Å². The third-order valence-corrected chi connectivity index (χ3v) is 7.53. The van der Waals surface area contributed by atoms with E-state index in [1.165, 1.54) is 26.3 Å². The van der Waals surface area contributed by atoms with Crippen molar-refractivity contribution in [3.05, 3.63) is 30.3 Å². The first-order chi connectivity index (χ1) is 12.4. The van der Waals surface area contributed by atoms with Crippen molar-refractivity contribution in [2.75, 3.05) is 14.2 Å². The van der Waals surface area contributed by atoms with Gasteiger partial charge in [-0.15, -0.1) is 5.10 Å². The van der Waals surface area contributed by atoms with Crippen molar-refractivity contribution in [1.29, 1.82) is 0 Å². The van der Waals surface area contributed by atoms with E-state index in [4.69, 9.17) is 4.74 Å². The van der Waals surface area contributed by atoms with Crippen molar-refractivity contribution >= 4 is 21.6 Å². The zero-order chi connectivity index (χ0) is 20.3. The number of nitrogens with zero attached hydrogens (tertiary/aromatic N) is 4. The molecule has 2 aliphatic rings. The Labute approximate surface area is 159 Å². The van der Waals surface area contributed by atoms with Crippen LogP contribution in [0.15, 0.2) is 50.6 Å². The minimum Gasteiger partial charge on any atom is -0.480 e. The third kappa shape index (κ3) is 2.44. The van der Waals surface area contributed by atoms with Gasteiger partial charge < -0.3 is 4.74 Å². The van der Waals surface area contributed by atoms with Crippen LogP contribution in [0.4, 0.5) is 0 Å². The summed E-state index contributed by atoms with van der Waals surface area (Å²) in [6, 6.07) is 8.00. The largest absolute Gasteiger partial charge is 0.480 e. The van der Waals surface area contributed by atoms with Gasteiger partial charge in [0.25, 0.3) is 10.8 Å². The molecule has 0 N–H and O–H groups in total. The van der Waals surface area contributed by atoms with Gasteiger partial charge in [0, 0.05) is 7.05 Å². The van der Waals surface area contributed by atoms with Crippen LogP contribution in [-0.4, -0.2) is 49.8 Å². The van der Waals surface area contributed by atoms with Gasteiger partial charge in [-0.2, -0.15) is 10.2 Å². The van der Waals surface area contributed by atoms with E-state index < -0.39 is 31.6 Å². The molecule has 0 aliphatic carbocycles. The molecule has 1 aromatic rings. The number of hydrazone groups is 1. The summed E-state index contributed by atoms with van der Waals surface area (Å²) in [7, 11) is -1.32. The van der Waals surface area contributed by atoms with Crippen LogP contribution in [0.3, 0.4) is 0 Å². The SMILES string of the molecule is COC1=NN(C)C(=O)C(C)(C)[C@@H]2C(C)(C)N=N[C@]12S(=O)(=O)c1ccccc1. The molecule has 0 spiro atoms. The number of methoxy groups -OCH3 is 1. The third-order valence-electron chi connectivity index (χ3n) is 5.32. The Hall–Kier alpha value is -2.29. The molecule has 0 bridgehead atoms. The van der Waals surface area contributed by atoms with E-state index in [1.54, 1.807) is 45.9 Å². The minimum absolute atomic E-state index is 0.0733. The molecule has 0 unspecified atom stereocenters. The quantitative estimate of drug-likeness (QED) is 0.771. The number of fused-ring (bicyclic) bond motifs is 1. The first kappa shape index (κ1) is 19.5. The Morgan fingerprint density at radius 1 is 1.07 bits per heavy atom. The van der Waals surface area contributed by atoms with Crippen LogP contribution in [-0.2, 0) is 19.4 Å². The number of amides is 1. The van der Waals surface area contributed by atoms with Crippen LogP contribution in [0.1, 0.15) is 27.7 Å². The average Bonchev–Trinajstić information content (AvgIpc) is 2.89. The Kier molecular flexibility index (Phi) is 4.22. The summed E-state index contributed by atoms with van der Waals surface area (Å²) >= 11 is 0. The summed E-state index contributed by atoms with van der Waals surface area (Å²) in [4.78, 5) is 11.2. The summed E-state index contributed by atoms with van der Waals surface area (Å²) in [5.41, 5.74) is -2.04. The summed E-state index contributed by atoms with van der Waals surface area (Å²) in [6.45, 7) is 6.96. The van der Waals surface area contributed by atoms with Crippen LogP contribution >= 0.6 is 0 Å². The zero-order valence-electron chi connectivity index (χ0n) is 16.3. The molecule has 27 heavy (non-hydrogen) atoms. The Morgan fingerprint density at radius 3 is 2.22 bits per heavy atom. The molecule has 1 amide bonds. The van der Waals surface area contributed by atoms with Gasteiger partial charge in [-0.3, -0.25) is 4.79 Å². The second-order valence-electron chi connectivity index (χ2n) is 7.96. The van der Waals surface area contributed by atoms with E-state index in [9.17, 15) is 13.2 Å². The number of rotatable bonds is 2. The van der Waals surface area contributed by atoms with Crippen molar-refractivity contribution in [1.82, 2.24) is 5.01 Å². The lowest BCUT2D eigenvalue weighted by Crippen LogP contribution is -2.59. The molecule has 2 aliphatic heterocycles. The first-order valence-corrected chi connectivity index (χ1v) is 10.1. The zero-order valence-corrected chi connectivity index (χ0v) is 17.1. The smallest absolute Gasteiger partial charge is 0.268 e. The number of benzene rings is 1. The van der Waals surface area contributed by atoms with E-state index in [0.717, 1.165) is 5.01 Å². The summed E-state index contributed by atoms with van der Waals surface area (Å²) < 4.78 is 33.1. The van der Waals surface area contributed by atoms with Gasteiger partial charge in [0.15, 0.2) is 0 Å². The van der Waals surface area contributed by atoms with Gasteiger partial charge in [0.2, 0.25) is 15.7 Å². The fraction of sp³-hybridized carbons (Fsp3) is 0.556. The summed E-state index contributed by atoms with van der Waals surface area (Å²) in [5.74, 6) is -1.31. The molecule has 0 saturated heterocycles. The van der Waals surface area contributed by atoms with Crippen molar-refractivity contribution in [2.45, 2.75) is 43.0 Å². The van der Waals surface area contributed by atoms with Crippen molar-refractivity contribution in [3.63, 3.8) is 0 Å². The highest BCUT2D eigenvalue weighted by Gasteiger charge is 2.72. The molecular formula is C18H24N4O4S. The number of ether oxygens (including phenoxy) is 1. The predicted octanol–water partition coefficient (Wildman–Crippen LogP) is 2.48. The van der Waals surface area contributed by atoms with Crippen LogP contribution < -0.4 is 0 Å². The maximum atomic E-state index is 13.9. The average molecular weight is 392 g/mol. The Balaban J connectivity index is 2.43. The number of hydrogen-bond donors (Lipinski definition) is 0. The number of azo groups is 1. The van der Waals surface area contributed by atoms with Crippen molar-refractivity contribution in [3.8, 4) is 0 Å². The molecule has 0 aromatic heterocycles. The topological polar surface area (TPSA) is 101 Å². The fourth-order valence-electron chi connectivity index (χ4n) is 4.42. The van der Waals surface area contributed by atoms with Gasteiger partial charge in [-0.1, -0.05) is 32.0 Å². The van der Waals surface area contributed by atoms with Crippen molar-refractivity contribution < 1.29 is 17.9 Å². The summed E-state index contributed by atoms with van der Waals surface area (Å²) in [5, 5.41) is 13.9. The maximum absolute atomic E-state index is 13.9. The maximum Gasteiger partial charge on any atom is 0.268 e. The molecular weight excluding hydrogens is 368 g/mol. The fourth-order valence-corrected chi connectivity index (χ4v) is 6.69. The van der Waals surface area contributed by atoms with Crippen molar-refractivity contribution in [2.24, 2.45) is 26.7 Å². The van der Waals surface area contributed by atoms with Gasteiger partial charge in [-0.25, -0.2) is 13.4 Å². The van der Waals surface area contributed by atoms with Crippen LogP contribution in [0.2, 0.25) is 0 Å². The lowest BCUT2D eigenvalue weighted by Gasteiger charge is -2.42. The highest BCUT2D eigenvalue weighted by Crippen LogP contribution is 2.56. The van der Waals surface area contributed by atoms with E-state index >= 15 is 0 Å². The highest BCUT2D eigenvalue weighted by atomic mass is 32.2. The van der Waals surface area contributed by atoms with E-state index in [2.05, 4.69) is 15.3 Å². The number of sulfone groups is 1. The second-order valence-corrected chi connectivity index (χ2v) is 10.1. The molecule has 0 saturated carbocycles. The van der Waals surface area contributed by atoms with Gasteiger partial charge >= 0.3 is 0 Å². The number of carbonyl (C=O) groups is 1. The van der Waals surface area contributed by atoms with E-state index in [-0.39, 0.29) is 16.7 Å². The lowest BCUT2D eigenvalue weighted by atomic mass is 9.66. The van der Waals surface area contributed by atoms with Gasteiger partial charge in [0.1, 0.15) is 0 Å². The standard InChI is InChI=1S/C18H24N4O4S/c1-16(2)13-17(3,4)20-21-18(13,14(26-6)19-22(5)15(16)23)27(24,25)12-10-8-7-9-11-12/h7-11,13H,1-6H3/t13-,18-/m1/s1. The van der Waals surface area contributed by atoms with Crippen LogP contribution in [0.5, 0.6) is 0 Å². The van der Waals surface area contributed by atoms with E-state index in [1.807, 2.05) is 0 Å². The molecule has 2 heterocycles. The van der Waals surface area contributed by atoms with Gasteiger partial charge in [-0.05, 0) is 26.0 Å². The first-order valence-electron chi connectivity index (χ1n) is 8.58. The molecule has 146 valence electrons. The van der Waals surface area contributed by atoms with Gasteiger partial charge in [0.05, 0.1) is 28.9 Å². The highest BCUT2D eigenvalue weighted by molar-refractivity contribution is 7.93. The monoisotopic (exact) mass is 392 g/mol. The minimum atomic E-state index is -4.13. The molecule has 3 rings (SSSR count). The molecule has 8 nitrogen and oxygen atoms in total. The number of hydrogen-bond acceptors (Lipinski definition) is 7. The van der Waals surface area contributed by atoms with Crippen LogP contribution in [0, 0.1) is 11.3 Å². The Morgan fingerprint density at radius 2 is 1.67 bits per heavy atom. The molecule has 2 atom stereocenters. The molecule has 1 aromatic carbocycles. The molecule has 0 radical (unpaired) electrons. The normalized spacial score (nSPS) is 29.1. The molecule has 9 heteroatoms. The summed E-state index contributed by atoms with van der Waals surface area (Å²) in [6.07, 6.45) is 0. The Bertz CT molecular complexity index is 937. The lowest BCUT2D eigenvalue weighted by molar-refractivity contribution is -0.142. The molecule has 0 fully saturated rings. The number of carbonyl (C=O) groups excluding carboxylic acids is 1. The predicted molar refractivity (Wildman–Crippen MR) is 99.8 cm³/mol.